The zero-order chi connectivity index (χ0) is 32.3. The number of aromatic nitrogens is 1. The summed E-state index contributed by atoms with van der Waals surface area (Å²) in [6.45, 7) is 1.83. The maximum atomic E-state index is 12.7. The molecule has 0 aliphatic rings. The number of halogens is 1. The van der Waals surface area contributed by atoms with Crippen molar-refractivity contribution in [3.05, 3.63) is 113 Å². The van der Waals surface area contributed by atoms with Crippen LogP contribution in [0.15, 0.2) is 101 Å². The topological polar surface area (TPSA) is 123 Å². The zero-order valence-electron chi connectivity index (χ0n) is 25.0. The van der Waals surface area contributed by atoms with Gasteiger partial charge in [0.25, 0.3) is 11.8 Å². The number of hydrogen-bond donors (Lipinski definition) is 3. The number of carbonyl (C=O) groups is 2. The van der Waals surface area contributed by atoms with Crippen LogP contribution in [0.3, 0.4) is 0 Å². The van der Waals surface area contributed by atoms with Gasteiger partial charge in [-0.05, 0) is 61.0 Å². The Morgan fingerprint density at radius 1 is 0.957 bits per heavy atom. The minimum Gasteiger partial charge on any atom is -0.495 e. The van der Waals surface area contributed by atoms with E-state index in [1.807, 2.05) is 54.8 Å². The summed E-state index contributed by atoms with van der Waals surface area (Å²) in [5.41, 5.74) is 6.68. The smallest absolute Gasteiger partial charge is 0.271 e. The Morgan fingerprint density at radius 3 is 2.48 bits per heavy atom. The third-order valence-electron chi connectivity index (χ3n) is 6.41. The summed E-state index contributed by atoms with van der Waals surface area (Å²) in [5.74, 6) is 0.277. The van der Waals surface area contributed by atoms with E-state index in [4.69, 9.17) is 25.8 Å². The van der Waals surface area contributed by atoms with E-state index in [0.717, 1.165) is 22.1 Å². The lowest BCUT2D eigenvalue weighted by atomic mass is 10.1. The Balaban J connectivity index is 1.18. The molecule has 234 valence electrons. The predicted molar refractivity (Wildman–Crippen MR) is 182 cm³/mol. The van der Waals surface area contributed by atoms with Crippen LogP contribution in [0, 0.1) is 0 Å². The molecule has 0 aliphatic heterocycles. The highest BCUT2D eigenvalue weighted by Gasteiger charge is 2.15. The number of anilines is 3. The van der Waals surface area contributed by atoms with Gasteiger partial charge in [0.2, 0.25) is 0 Å². The van der Waals surface area contributed by atoms with Gasteiger partial charge < -0.3 is 24.8 Å². The van der Waals surface area contributed by atoms with Crippen LogP contribution < -0.4 is 30.3 Å². The van der Waals surface area contributed by atoms with E-state index < -0.39 is 5.91 Å². The Hall–Kier alpha value is -5.39. The molecular formula is C34H30ClN5O5S. The quantitative estimate of drug-likeness (QED) is 0.0892. The van der Waals surface area contributed by atoms with Crippen molar-refractivity contribution < 1.29 is 23.8 Å². The summed E-state index contributed by atoms with van der Waals surface area (Å²) in [5, 5.41) is 13.1. The molecule has 0 radical (unpaired) electrons. The Bertz CT molecular complexity index is 1830. The molecule has 0 bridgehead atoms. The number of para-hydroxylation sites is 3. The van der Waals surface area contributed by atoms with Crippen molar-refractivity contribution in [1.82, 2.24) is 10.4 Å². The average molecular weight is 656 g/mol. The molecule has 46 heavy (non-hydrogen) atoms. The second-order valence-corrected chi connectivity index (χ2v) is 10.9. The molecule has 2 amide bonds. The fourth-order valence-electron chi connectivity index (χ4n) is 4.27. The molecule has 4 aromatic carbocycles. The number of hydrazone groups is 1. The number of nitrogens with zero attached hydrogens (tertiary/aromatic N) is 2. The molecule has 5 rings (SSSR count). The van der Waals surface area contributed by atoms with Gasteiger partial charge in [0.05, 0.1) is 36.3 Å². The van der Waals surface area contributed by atoms with Crippen LogP contribution in [0.25, 0.3) is 11.3 Å². The predicted octanol–water partition coefficient (Wildman–Crippen LogP) is 7.40. The van der Waals surface area contributed by atoms with E-state index in [1.54, 1.807) is 48.5 Å². The number of carbonyl (C=O) groups excluding carboxylic acids is 2. The fraction of sp³-hybridized carbons (Fsp3) is 0.118. The Morgan fingerprint density at radius 2 is 1.72 bits per heavy atom. The standard InChI is InChI=1S/C34H30ClN5O5S/c1-3-44-30-18-22(17-26(35)32(30)45-20-31(41)38-27-11-7-8-12-29(27)43-2)19-36-40-33(42)24-15-13-23(14-16-24)28-21-46-34(39-28)37-25-9-5-4-6-10-25/h4-19,21H,3,20H2,1-2H3,(H,37,39)(H,38,41)(H,40,42)/b36-19+. The lowest BCUT2D eigenvalue weighted by Gasteiger charge is -2.15. The van der Waals surface area contributed by atoms with Gasteiger partial charge >= 0.3 is 0 Å². The first-order chi connectivity index (χ1) is 22.4. The molecule has 3 N–H and O–H groups in total. The van der Waals surface area contributed by atoms with Crippen molar-refractivity contribution in [3.63, 3.8) is 0 Å². The number of hydrogen-bond acceptors (Lipinski definition) is 9. The van der Waals surface area contributed by atoms with Crippen molar-refractivity contribution >= 4 is 57.5 Å². The first-order valence-electron chi connectivity index (χ1n) is 14.2. The summed E-state index contributed by atoms with van der Waals surface area (Å²) in [6.07, 6.45) is 1.44. The summed E-state index contributed by atoms with van der Waals surface area (Å²) < 4.78 is 16.7. The molecule has 0 spiro atoms. The molecule has 12 heteroatoms. The van der Waals surface area contributed by atoms with Crippen LogP contribution in [0.2, 0.25) is 5.02 Å². The van der Waals surface area contributed by atoms with E-state index in [-0.39, 0.29) is 23.3 Å². The Kier molecular flexibility index (Phi) is 10.8. The van der Waals surface area contributed by atoms with Crippen LogP contribution >= 0.6 is 22.9 Å². The van der Waals surface area contributed by atoms with Crippen LogP contribution in [0.1, 0.15) is 22.8 Å². The van der Waals surface area contributed by atoms with Gasteiger partial charge in [0, 0.05) is 22.2 Å². The molecule has 0 unspecified atom stereocenters. The van der Waals surface area contributed by atoms with Crippen LogP contribution in [0.5, 0.6) is 17.2 Å². The normalized spacial score (nSPS) is 10.8. The number of methoxy groups -OCH3 is 1. The first-order valence-corrected chi connectivity index (χ1v) is 15.4. The zero-order valence-corrected chi connectivity index (χ0v) is 26.5. The molecule has 1 heterocycles. The third-order valence-corrected chi connectivity index (χ3v) is 7.45. The molecule has 0 saturated carbocycles. The number of ether oxygens (including phenoxy) is 3. The van der Waals surface area contributed by atoms with E-state index in [2.05, 4.69) is 26.1 Å². The molecule has 0 saturated heterocycles. The maximum absolute atomic E-state index is 12.7. The van der Waals surface area contributed by atoms with Gasteiger partial charge in [-0.25, -0.2) is 10.4 Å². The van der Waals surface area contributed by atoms with Crippen LogP contribution in [0.4, 0.5) is 16.5 Å². The number of benzene rings is 4. The third kappa shape index (κ3) is 8.40. The minimum atomic E-state index is -0.402. The second kappa shape index (κ2) is 15.6. The SMILES string of the molecule is CCOc1cc(/C=N/NC(=O)c2ccc(-c3csc(Nc4ccccc4)n3)cc2)cc(Cl)c1OCC(=O)Nc1ccccc1OC. The number of rotatable bonds is 13. The Labute approximate surface area is 275 Å². The lowest BCUT2D eigenvalue weighted by Crippen LogP contribution is -2.21. The monoisotopic (exact) mass is 655 g/mol. The number of thiazole rings is 1. The van der Waals surface area contributed by atoms with Crippen molar-refractivity contribution in [1.29, 1.82) is 0 Å². The maximum Gasteiger partial charge on any atom is 0.271 e. The van der Waals surface area contributed by atoms with Crippen molar-refractivity contribution in [3.8, 4) is 28.5 Å². The molecular weight excluding hydrogens is 626 g/mol. The molecule has 1 aromatic heterocycles. The highest BCUT2D eigenvalue weighted by molar-refractivity contribution is 7.14. The summed E-state index contributed by atoms with van der Waals surface area (Å²) in [4.78, 5) is 29.9. The van der Waals surface area contributed by atoms with Crippen molar-refractivity contribution in [2.45, 2.75) is 6.92 Å². The number of nitrogens with one attached hydrogen (secondary N) is 3. The van der Waals surface area contributed by atoms with E-state index in [0.29, 0.717) is 34.9 Å². The fourth-order valence-corrected chi connectivity index (χ4v) is 5.28. The van der Waals surface area contributed by atoms with Gasteiger partial charge in [-0.1, -0.05) is 54.1 Å². The van der Waals surface area contributed by atoms with Gasteiger partial charge in [-0.15, -0.1) is 11.3 Å². The summed E-state index contributed by atoms with van der Waals surface area (Å²) in [6, 6.07) is 27.2. The van der Waals surface area contributed by atoms with Crippen molar-refractivity contribution in [2.24, 2.45) is 5.10 Å². The molecule has 0 aliphatic carbocycles. The minimum absolute atomic E-state index is 0.211. The van der Waals surface area contributed by atoms with Gasteiger partial charge in [-0.2, -0.15) is 5.10 Å². The number of amides is 2. The van der Waals surface area contributed by atoms with Gasteiger partial charge in [0.15, 0.2) is 23.2 Å². The molecule has 10 nitrogen and oxygen atoms in total. The van der Waals surface area contributed by atoms with Crippen LogP contribution in [-0.2, 0) is 4.79 Å². The highest BCUT2D eigenvalue weighted by atomic mass is 35.5. The van der Waals surface area contributed by atoms with E-state index >= 15 is 0 Å². The van der Waals surface area contributed by atoms with Gasteiger partial charge in [-0.3, -0.25) is 9.59 Å². The summed E-state index contributed by atoms with van der Waals surface area (Å²) >= 11 is 7.99. The second-order valence-electron chi connectivity index (χ2n) is 9.61. The molecule has 0 fully saturated rings. The van der Waals surface area contributed by atoms with E-state index in [9.17, 15) is 9.59 Å². The largest absolute Gasteiger partial charge is 0.495 e. The van der Waals surface area contributed by atoms with E-state index in [1.165, 1.54) is 24.7 Å². The summed E-state index contributed by atoms with van der Waals surface area (Å²) in [7, 11) is 1.52. The average Bonchev–Trinajstić information content (AvgIpc) is 3.53. The first kappa shape index (κ1) is 32.0. The van der Waals surface area contributed by atoms with Gasteiger partial charge in [0.1, 0.15) is 5.75 Å². The lowest BCUT2D eigenvalue weighted by molar-refractivity contribution is -0.118. The highest BCUT2D eigenvalue weighted by Crippen LogP contribution is 2.36. The molecule has 0 atom stereocenters. The van der Waals surface area contributed by atoms with Crippen molar-refractivity contribution in [2.75, 3.05) is 31.0 Å². The van der Waals surface area contributed by atoms with Crippen LogP contribution in [-0.4, -0.2) is 43.3 Å². The molecule has 5 aromatic rings.